The van der Waals surface area contributed by atoms with Crippen LogP contribution < -0.4 is 10.1 Å². The fourth-order valence-corrected chi connectivity index (χ4v) is 4.37. The molecule has 0 saturated heterocycles. The fourth-order valence-electron chi connectivity index (χ4n) is 4.11. The van der Waals surface area contributed by atoms with Crippen molar-refractivity contribution in [3.05, 3.63) is 112 Å². The smallest absolute Gasteiger partial charge is 0.416 e. The average Bonchev–Trinajstić information content (AvgIpc) is 2.93. The molecule has 1 amide bonds. The summed E-state index contributed by atoms with van der Waals surface area (Å²) >= 11 is 6.42. The molecule has 1 atom stereocenters. The number of benzene rings is 4. The summed E-state index contributed by atoms with van der Waals surface area (Å²) in [6, 6.07) is 18.3. The van der Waals surface area contributed by atoms with E-state index in [0.717, 1.165) is 17.7 Å². The molecule has 2 N–H and O–H groups in total. The molecule has 0 aliphatic carbocycles. The molecule has 10 heteroatoms. The zero-order chi connectivity index (χ0) is 29.0. The summed E-state index contributed by atoms with van der Waals surface area (Å²) in [6.07, 6.45) is -4.62. The van der Waals surface area contributed by atoms with E-state index in [1.807, 2.05) is 0 Å². The molecule has 0 saturated carbocycles. The van der Waals surface area contributed by atoms with Crippen molar-refractivity contribution in [3.63, 3.8) is 0 Å². The third-order valence-electron chi connectivity index (χ3n) is 6.25. The number of rotatable bonds is 8. The Labute approximate surface area is 232 Å². The number of ether oxygens (including phenoxy) is 1. The number of carbonyl (C=O) groups is 2. The first-order valence-corrected chi connectivity index (χ1v) is 12.3. The maximum atomic E-state index is 13.2. The molecule has 4 rings (SSSR count). The van der Waals surface area contributed by atoms with E-state index in [4.69, 9.17) is 16.3 Å². The predicted molar refractivity (Wildman–Crippen MR) is 143 cm³/mol. The highest BCUT2D eigenvalue weighted by Crippen LogP contribution is 2.32. The van der Waals surface area contributed by atoms with E-state index >= 15 is 0 Å². The standard InChI is InChI=1S/C30H22ClF4NO4/c1-40-27-13-8-19(17-4-9-22(10-5-17)30(33,34)35)14-24(27)28(37)36-26(29(38)39)16-21-3-2-20(15-25(21)31)18-6-11-23(32)12-7-18/h2-15,26H,16H2,1H3,(H,36,37)(H,38,39)/t26-/m1/s1. The lowest BCUT2D eigenvalue weighted by molar-refractivity contribution is -0.139. The van der Waals surface area contributed by atoms with E-state index in [2.05, 4.69) is 5.32 Å². The third-order valence-corrected chi connectivity index (χ3v) is 6.60. The van der Waals surface area contributed by atoms with E-state index in [-0.39, 0.29) is 28.6 Å². The van der Waals surface area contributed by atoms with Crippen molar-refractivity contribution in [1.82, 2.24) is 5.32 Å². The topological polar surface area (TPSA) is 75.6 Å². The Bertz CT molecular complexity index is 1540. The minimum absolute atomic E-state index is 0.00361. The highest BCUT2D eigenvalue weighted by molar-refractivity contribution is 6.31. The van der Waals surface area contributed by atoms with Crippen molar-refractivity contribution in [3.8, 4) is 28.0 Å². The van der Waals surface area contributed by atoms with Gasteiger partial charge in [-0.3, -0.25) is 4.79 Å². The number of nitrogens with one attached hydrogen (secondary N) is 1. The number of carbonyl (C=O) groups excluding carboxylic acids is 1. The second kappa shape index (κ2) is 11.8. The van der Waals surface area contributed by atoms with E-state index in [1.165, 1.54) is 43.5 Å². The summed E-state index contributed by atoms with van der Waals surface area (Å²) in [5.41, 5.74) is 1.94. The zero-order valence-electron chi connectivity index (χ0n) is 20.9. The first-order chi connectivity index (χ1) is 19.0. The van der Waals surface area contributed by atoms with Crippen molar-refractivity contribution in [2.75, 3.05) is 7.11 Å². The monoisotopic (exact) mass is 571 g/mol. The number of methoxy groups -OCH3 is 1. The summed E-state index contributed by atoms with van der Waals surface area (Å²) in [5, 5.41) is 12.6. The largest absolute Gasteiger partial charge is 0.496 e. The maximum Gasteiger partial charge on any atom is 0.416 e. The number of amides is 1. The van der Waals surface area contributed by atoms with Gasteiger partial charge in [-0.05, 0) is 70.3 Å². The molecule has 0 bridgehead atoms. The second-order valence-corrected chi connectivity index (χ2v) is 9.28. The van der Waals surface area contributed by atoms with Crippen molar-refractivity contribution in [1.29, 1.82) is 0 Å². The molecule has 4 aromatic rings. The van der Waals surface area contributed by atoms with Gasteiger partial charge in [-0.2, -0.15) is 13.2 Å². The maximum absolute atomic E-state index is 13.2. The van der Waals surface area contributed by atoms with E-state index in [1.54, 1.807) is 36.4 Å². The minimum Gasteiger partial charge on any atom is -0.496 e. The molecule has 0 aliphatic rings. The normalized spacial score (nSPS) is 12.1. The van der Waals surface area contributed by atoms with Crippen LogP contribution in [0, 0.1) is 5.82 Å². The number of hydrogen-bond donors (Lipinski definition) is 2. The van der Waals surface area contributed by atoms with Gasteiger partial charge in [0, 0.05) is 11.4 Å². The highest BCUT2D eigenvalue weighted by Gasteiger charge is 2.30. The van der Waals surface area contributed by atoms with Crippen LogP contribution in [-0.4, -0.2) is 30.1 Å². The number of halogens is 5. The van der Waals surface area contributed by atoms with E-state index in [9.17, 15) is 32.3 Å². The summed E-state index contributed by atoms with van der Waals surface area (Å²) in [4.78, 5) is 25.2. The van der Waals surface area contributed by atoms with Crippen molar-refractivity contribution >= 4 is 23.5 Å². The summed E-state index contributed by atoms with van der Waals surface area (Å²) in [7, 11) is 1.33. The van der Waals surface area contributed by atoms with Gasteiger partial charge in [0.05, 0.1) is 18.2 Å². The molecule has 0 unspecified atom stereocenters. The van der Waals surface area contributed by atoms with Crippen LogP contribution in [0.5, 0.6) is 5.75 Å². The molecule has 206 valence electrons. The minimum atomic E-state index is -4.49. The van der Waals surface area contributed by atoms with Gasteiger partial charge >= 0.3 is 12.1 Å². The van der Waals surface area contributed by atoms with Gasteiger partial charge in [0.25, 0.3) is 5.91 Å². The number of carboxylic acid groups (broad SMARTS) is 1. The van der Waals surface area contributed by atoms with Crippen molar-refractivity contribution in [2.45, 2.75) is 18.6 Å². The van der Waals surface area contributed by atoms with Gasteiger partial charge in [-0.1, -0.05) is 54.1 Å². The molecule has 0 fully saturated rings. The molecular formula is C30H22ClF4NO4. The van der Waals surface area contributed by atoms with Gasteiger partial charge < -0.3 is 15.2 Å². The van der Waals surface area contributed by atoms with Crippen LogP contribution in [-0.2, 0) is 17.4 Å². The van der Waals surface area contributed by atoms with Crippen LogP contribution in [0.15, 0.2) is 84.9 Å². The Morgan fingerprint density at radius 3 is 1.98 bits per heavy atom. The first kappa shape index (κ1) is 28.6. The number of hydrogen-bond acceptors (Lipinski definition) is 3. The lowest BCUT2D eigenvalue weighted by Crippen LogP contribution is -2.42. The lowest BCUT2D eigenvalue weighted by Gasteiger charge is -2.18. The van der Waals surface area contributed by atoms with Crippen LogP contribution >= 0.6 is 11.6 Å². The Hall–Kier alpha value is -4.37. The van der Waals surface area contributed by atoms with E-state index in [0.29, 0.717) is 22.3 Å². The molecule has 0 aromatic heterocycles. The Morgan fingerprint density at radius 2 is 1.43 bits per heavy atom. The quantitative estimate of drug-likeness (QED) is 0.218. The number of aliphatic carboxylic acids is 1. The van der Waals surface area contributed by atoms with Crippen LogP contribution in [0.25, 0.3) is 22.3 Å². The highest BCUT2D eigenvalue weighted by atomic mass is 35.5. The van der Waals surface area contributed by atoms with Gasteiger partial charge in [0.15, 0.2) is 0 Å². The first-order valence-electron chi connectivity index (χ1n) is 11.9. The molecule has 4 aromatic carbocycles. The average molecular weight is 572 g/mol. The van der Waals surface area contributed by atoms with Crippen LogP contribution in [0.4, 0.5) is 17.6 Å². The fraction of sp³-hybridized carbons (Fsp3) is 0.133. The number of carboxylic acids is 1. The molecule has 0 heterocycles. The Kier molecular flexibility index (Phi) is 8.44. The zero-order valence-corrected chi connectivity index (χ0v) is 21.7. The summed E-state index contributed by atoms with van der Waals surface area (Å²) in [5.74, 6) is -2.28. The van der Waals surface area contributed by atoms with Crippen LogP contribution in [0.1, 0.15) is 21.5 Å². The van der Waals surface area contributed by atoms with Gasteiger partial charge in [-0.15, -0.1) is 0 Å². The van der Waals surface area contributed by atoms with Gasteiger partial charge in [0.1, 0.15) is 17.6 Å². The van der Waals surface area contributed by atoms with E-state index < -0.39 is 29.7 Å². The Morgan fingerprint density at radius 1 is 0.875 bits per heavy atom. The summed E-state index contributed by atoms with van der Waals surface area (Å²) in [6.45, 7) is 0. The lowest BCUT2D eigenvalue weighted by atomic mass is 9.99. The molecule has 40 heavy (non-hydrogen) atoms. The molecule has 0 radical (unpaired) electrons. The Balaban J connectivity index is 1.56. The molecule has 0 spiro atoms. The van der Waals surface area contributed by atoms with Crippen molar-refractivity contribution in [2.24, 2.45) is 0 Å². The van der Waals surface area contributed by atoms with Crippen LogP contribution in [0.3, 0.4) is 0 Å². The second-order valence-electron chi connectivity index (χ2n) is 8.87. The predicted octanol–water partition coefficient (Wildman–Crippen LogP) is 7.27. The summed E-state index contributed by atoms with van der Waals surface area (Å²) < 4.78 is 57.3. The SMILES string of the molecule is COc1ccc(-c2ccc(C(F)(F)F)cc2)cc1C(=O)N[C@H](Cc1ccc(-c2ccc(F)cc2)cc1Cl)C(=O)O. The van der Waals surface area contributed by atoms with Gasteiger partial charge in [0.2, 0.25) is 0 Å². The molecule has 0 aliphatic heterocycles. The van der Waals surface area contributed by atoms with Gasteiger partial charge in [-0.25, -0.2) is 9.18 Å². The van der Waals surface area contributed by atoms with Crippen molar-refractivity contribution < 1.29 is 37.0 Å². The molecular weight excluding hydrogens is 550 g/mol. The number of alkyl halides is 3. The third kappa shape index (κ3) is 6.60. The van der Waals surface area contributed by atoms with Crippen LogP contribution in [0.2, 0.25) is 5.02 Å². The molecule has 5 nitrogen and oxygen atoms in total.